The molecule has 0 spiro atoms. The molecule has 0 heterocycles. The Morgan fingerprint density at radius 3 is 2.34 bits per heavy atom. The summed E-state index contributed by atoms with van der Waals surface area (Å²) in [6.07, 6.45) is -0.884. The standard InChI is InChI=1S/C26H28ClF4N3O/c1-16(2)33-24(35)34-25(18(4)9-10-22(27)15-32,14-19-8-6-5-7-17(19)3)20-11-21(26(29,30)31)13-23(28)12-20/h5-13,15-16H,4,14,32H2,1-3H3,(H2,33,34,35)/b10-9-,22-15+/t25-/m1/s1. The zero-order valence-corrected chi connectivity index (χ0v) is 20.4. The Morgan fingerprint density at radius 1 is 1.14 bits per heavy atom. The zero-order valence-electron chi connectivity index (χ0n) is 19.6. The van der Waals surface area contributed by atoms with Gasteiger partial charge in [-0.15, -0.1) is 0 Å². The molecule has 1 atom stereocenters. The van der Waals surface area contributed by atoms with Crippen molar-refractivity contribution in [1.29, 1.82) is 0 Å². The maximum atomic E-state index is 14.6. The molecule has 2 rings (SSSR count). The number of benzene rings is 2. The van der Waals surface area contributed by atoms with Gasteiger partial charge in [0.05, 0.1) is 16.1 Å². The van der Waals surface area contributed by atoms with Crippen LogP contribution >= 0.6 is 11.6 Å². The van der Waals surface area contributed by atoms with Crippen LogP contribution < -0.4 is 16.4 Å². The van der Waals surface area contributed by atoms with E-state index >= 15 is 0 Å². The molecule has 0 aliphatic carbocycles. The lowest BCUT2D eigenvalue weighted by Gasteiger charge is -2.38. The molecule has 0 saturated carbocycles. The Morgan fingerprint density at radius 2 is 1.77 bits per heavy atom. The van der Waals surface area contributed by atoms with E-state index in [-0.39, 0.29) is 28.6 Å². The first-order valence-electron chi connectivity index (χ1n) is 10.7. The van der Waals surface area contributed by atoms with Gasteiger partial charge in [0.15, 0.2) is 0 Å². The van der Waals surface area contributed by atoms with E-state index < -0.39 is 29.1 Å². The maximum absolute atomic E-state index is 14.6. The van der Waals surface area contributed by atoms with Crippen molar-refractivity contribution in [1.82, 2.24) is 10.6 Å². The molecule has 35 heavy (non-hydrogen) atoms. The summed E-state index contributed by atoms with van der Waals surface area (Å²) in [6, 6.07) is 8.42. The summed E-state index contributed by atoms with van der Waals surface area (Å²) in [4.78, 5) is 12.9. The summed E-state index contributed by atoms with van der Waals surface area (Å²) in [6.45, 7) is 9.32. The van der Waals surface area contributed by atoms with Gasteiger partial charge in [-0.3, -0.25) is 0 Å². The summed E-state index contributed by atoms with van der Waals surface area (Å²) < 4.78 is 55.4. The lowest BCUT2D eigenvalue weighted by atomic mass is 9.76. The van der Waals surface area contributed by atoms with Gasteiger partial charge in [0.25, 0.3) is 0 Å². The van der Waals surface area contributed by atoms with Crippen LogP contribution in [-0.4, -0.2) is 12.1 Å². The van der Waals surface area contributed by atoms with Gasteiger partial charge in [-0.2, -0.15) is 13.2 Å². The quantitative estimate of drug-likeness (QED) is 0.283. The summed E-state index contributed by atoms with van der Waals surface area (Å²) in [7, 11) is 0. The minimum Gasteiger partial charge on any atom is -0.403 e. The predicted octanol–water partition coefficient (Wildman–Crippen LogP) is 6.45. The summed E-state index contributed by atoms with van der Waals surface area (Å²) in [5, 5.41) is 5.58. The number of amides is 2. The molecule has 0 saturated heterocycles. The normalized spacial score (nSPS) is 14.1. The van der Waals surface area contributed by atoms with E-state index in [0.717, 1.165) is 23.9 Å². The first kappa shape index (κ1) is 28.0. The number of allylic oxidation sites excluding steroid dienone is 2. The summed E-state index contributed by atoms with van der Waals surface area (Å²) >= 11 is 5.98. The van der Waals surface area contributed by atoms with Crippen molar-refractivity contribution >= 4 is 17.6 Å². The Kier molecular flexibility index (Phi) is 9.15. The molecule has 0 aliphatic rings. The highest BCUT2D eigenvalue weighted by molar-refractivity contribution is 6.31. The third-order valence-electron chi connectivity index (χ3n) is 5.33. The molecule has 4 nitrogen and oxygen atoms in total. The highest BCUT2D eigenvalue weighted by atomic mass is 35.5. The molecule has 0 bridgehead atoms. The molecule has 0 aromatic heterocycles. The molecule has 2 amide bonds. The van der Waals surface area contributed by atoms with Gasteiger partial charge in [0.2, 0.25) is 0 Å². The second-order valence-electron chi connectivity index (χ2n) is 8.40. The lowest BCUT2D eigenvalue weighted by molar-refractivity contribution is -0.137. The average molecular weight is 510 g/mol. The van der Waals surface area contributed by atoms with E-state index in [4.69, 9.17) is 17.3 Å². The van der Waals surface area contributed by atoms with Crippen molar-refractivity contribution in [3.63, 3.8) is 0 Å². The van der Waals surface area contributed by atoms with E-state index in [2.05, 4.69) is 17.2 Å². The van der Waals surface area contributed by atoms with Gasteiger partial charge >= 0.3 is 12.2 Å². The van der Waals surface area contributed by atoms with Gasteiger partial charge in [-0.05, 0) is 67.3 Å². The molecule has 0 fully saturated rings. The van der Waals surface area contributed by atoms with Crippen molar-refractivity contribution in [2.75, 3.05) is 0 Å². The highest BCUT2D eigenvalue weighted by Crippen LogP contribution is 2.39. The van der Waals surface area contributed by atoms with E-state index in [1.54, 1.807) is 26.0 Å². The Hall–Kier alpha value is -3.26. The Balaban J connectivity index is 2.85. The SMILES string of the molecule is C=C(/C=C\C(Cl)=C/N)[C@@](Cc1ccccc1C)(NC(=O)NC(C)C)c1cc(F)cc(C(F)(F)F)c1. The number of aryl methyl sites for hydroxylation is 1. The molecular weight excluding hydrogens is 482 g/mol. The van der Waals surface area contributed by atoms with Crippen LogP contribution in [0, 0.1) is 12.7 Å². The van der Waals surface area contributed by atoms with Crippen LogP contribution in [0.3, 0.4) is 0 Å². The van der Waals surface area contributed by atoms with Crippen LogP contribution in [0.5, 0.6) is 0 Å². The fraction of sp³-hybridized carbons (Fsp3) is 0.269. The smallest absolute Gasteiger partial charge is 0.403 e. The monoisotopic (exact) mass is 509 g/mol. The van der Waals surface area contributed by atoms with E-state index in [9.17, 15) is 22.4 Å². The molecule has 9 heteroatoms. The topological polar surface area (TPSA) is 67.1 Å². The van der Waals surface area contributed by atoms with Gasteiger partial charge in [-0.1, -0.05) is 48.5 Å². The van der Waals surface area contributed by atoms with Crippen molar-refractivity contribution in [2.24, 2.45) is 5.73 Å². The van der Waals surface area contributed by atoms with E-state index in [1.807, 2.05) is 19.1 Å². The Labute approximate surface area is 207 Å². The van der Waals surface area contributed by atoms with Crippen LogP contribution in [0.2, 0.25) is 0 Å². The second kappa shape index (κ2) is 11.4. The van der Waals surface area contributed by atoms with Crippen molar-refractivity contribution in [3.8, 4) is 0 Å². The first-order chi connectivity index (χ1) is 16.3. The van der Waals surface area contributed by atoms with Crippen molar-refractivity contribution in [3.05, 3.63) is 106 Å². The number of carbonyl (C=O) groups excluding carboxylic acids is 1. The fourth-order valence-electron chi connectivity index (χ4n) is 3.56. The number of urea groups is 1. The number of hydrogen-bond acceptors (Lipinski definition) is 2. The highest BCUT2D eigenvalue weighted by Gasteiger charge is 2.40. The van der Waals surface area contributed by atoms with Crippen LogP contribution in [0.4, 0.5) is 22.4 Å². The van der Waals surface area contributed by atoms with Gasteiger partial charge in [0, 0.05) is 18.7 Å². The second-order valence-corrected chi connectivity index (χ2v) is 8.83. The molecule has 0 aliphatic heterocycles. The van der Waals surface area contributed by atoms with Crippen LogP contribution in [0.25, 0.3) is 0 Å². The third-order valence-corrected chi connectivity index (χ3v) is 5.58. The number of rotatable bonds is 8. The number of halogens is 5. The van der Waals surface area contributed by atoms with Crippen LogP contribution in [0.1, 0.15) is 36.1 Å². The van der Waals surface area contributed by atoms with Crippen LogP contribution in [0.15, 0.2) is 78.0 Å². The molecule has 188 valence electrons. The van der Waals surface area contributed by atoms with Crippen LogP contribution in [-0.2, 0) is 18.1 Å². The maximum Gasteiger partial charge on any atom is 0.416 e. The summed E-state index contributed by atoms with van der Waals surface area (Å²) in [5.41, 5.74) is 4.13. The minimum atomic E-state index is -4.81. The molecule has 0 unspecified atom stereocenters. The number of carbonyl (C=O) groups is 1. The van der Waals surface area contributed by atoms with Gasteiger partial charge < -0.3 is 16.4 Å². The lowest BCUT2D eigenvalue weighted by Crippen LogP contribution is -2.53. The first-order valence-corrected chi connectivity index (χ1v) is 11.1. The predicted molar refractivity (Wildman–Crippen MR) is 131 cm³/mol. The zero-order chi connectivity index (χ0) is 26.4. The molecule has 0 radical (unpaired) electrons. The molecular formula is C26H28ClF4N3O. The largest absolute Gasteiger partial charge is 0.416 e. The number of alkyl halides is 3. The molecule has 2 aromatic rings. The van der Waals surface area contributed by atoms with Crippen molar-refractivity contribution in [2.45, 2.75) is 44.9 Å². The molecule has 4 N–H and O–H groups in total. The minimum absolute atomic E-state index is 0.0148. The van der Waals surface area contributed by atoms with Gasteiger partial charge in [-0.25, -0.2) is 9.18 Å². The number of hydrogen-bond donors (Lipinski definition) is 3. The van der Waals surface area contributed by atoms with E-state index in [1.165, 1.54) is 12.2 Å². The summed E-state index contributed by atoms with van der Waals surface area (Å²) in [5.74, 6) is -1.10. The number of nitrogens with two attached hydrogens (primary N) is 1. The fourth-order valence-corrected chi connectivity index (χ4v) is 3.62. The average Bonchev–Trinajstić information content (AvgIpc) is 2.76. The van der Waals surface area contributed by atoms with Crippen molar-refractivity contribution < 1.29 is 22.4 Å². The number of nitrogens with one attached hydrogen (secondary N) is 2. The molecule has 2 aromatic carbocycles. The Bertz CT molecular complexity index is 1140. The third kappa shape index (κ3) is 7.36. The van der Waals surface area contributed by atoms with Gasteiger partial charge in [0.1, 0.15) is 5.82 Å². The van der Waals surface area contributed by atoms with E-state index in [0.29, 0.717) is 11.6 Å².